The van der Waals surface area contributed by atoms with Crippen LogP contribution in [0.3, 0.4) is 0 Å². The summed E-state index contributed by atoms with van der Waals surface area (Å²) in [4.78, 5) is 37.3. The summed E-state index contributed by atoms with van der Waals surface area (Å²) >= 11 is 3.50. The molecular formula is C32H19BrN4O2. The molecule has 0 radical (unpaired) electrons. The summed E-state index contributed by atoms with van der Waals surface area (Å²) < 4.78 is 0.993. The second-order valence-electron chi connectivity index (χ2n) is 9.27. The van der Waals surface area contributed by atoms with E-state index in [4.69, 9.17) is 4.98 Å². The van der Waals surface area contributed by atoms with Crippen LogP contribution in [0.5, 0.6) is 0 Å². The van der Waals surface area contributed by atoms with Gasteiger partial charge in [-0.1, -0.05) is 52.3 Å². The lowest BCUT2D eigenvalue weighted by Crippen LogP contribution is -2.40. The number of rotatable bonds is 4. The number of fused-ring (bicyclic) bond motifs is 1. The van der Waals surface area contributed by atoms with E-state index in [0.717, 1.165) is 32.1 Å². The highest BCUT2D eigenvalue weighted by Gasteiger charge is 2.33. The molecule has 186 valence electrons. The Hall–Kier alpha value is -4.88. The largest absolute Gasteiger partial charge is 0.340 e. The zero-order chi connectivity index (χ0) is 26.5. The second kappa shape index (κ2) is 9.15. The van der Waals surface area contributed by atoms with Gasteiger partial charge in [-0.2, -0.15) is 0 Å². The molecular weight excluding hydrogens is 552 g/mol. The van der Waals surface area contributed by atoms with E-state index in [9.17, 15) is 9.59 Å². The van der Waals surface area contributed by atoms with Gasteiger partial charge in [-0.3, -0.25) is 9.59 Å². The van der Waals surface area contributed by atoms with Crippen LogP contribution < -0.4 is 10.2 Å². The van der Waals surface area contributed by atoms with Crippen molar-refractivity contribution in [2.24, 2.45) is 0 Å². The summed E-state index contributed by atoms with van der Waals surface area (Å²) in [7, 11) is 0. The maximum absolute atomic E-state index is 13.4. The monoisotopic (exact) mass is 570 g/mol. The number of nitrogens with one attached hydrogen (secondary N) is 1. The fraction of sp³-hybridized carbons (Fsp3) is 0. The van der Waals surface area contributed by atoms with Crippen LogP contribution in [0.15, 0.2) is 114 Å². The van der Waals surface area contributed by atoms with E-state index in [1.54, 1.807) is 30.5 Å². The number of anilines is 3. The minimum absolute atomic E-state index is 0.329. The van der Waals surface area contributed by atoms with E-state index in [1.807, 2.05) is 72.8 Å². The normalized spacial score (nSPS) is 12.8. The van der Waals surface area contributed by atoms with Gasteiger partial charge in [-0.05, 0) is 77.7 Å². The molecule has 7 heteroatoms. The zero-order valence-corrected chi connectivity index (χ0v) is 22.0. The average molecular weight is 571 g/mol. The van der Waals surface area contributed by atoms with Crippen molar-refractivity contribution in [3.8, 4) is 11.1 Å². The SMILES string of the molecule is O=C1c2cccc3cccc(c23)C(=O)N1c1ccc(Nc2nc3ncccc3cc2-c2ccc(Br)cc2)cc1. The number of nitrogens with zero attached hydrogens (tertiary/aromatic N) is 3. The Kier molecular flexibility index (Phi) is 5.45. The highest BCUT2D eigenvalue weighted by atomic mass is 79.9. The topological polar surface area (TPSA) is 75.2 Å². The Morgan fingerprint density at radius 2 is 1.36 bits per heavy atom. The molecule has 0 saturated carbocycles. The maximum Gasteiger partial charge on any atom is 0.265 e. The van der Waals surface area contributed by atoms with Crippen LogP contribution in [0.4, 0.5) is 17.2 Å². The lowest BCUT2D eigenvalue weighted by molar-refractivity contribution is 0.0893. The first-order valence-electron chi connectivity index (χ1n) is 12.4. The molecule has 0 saturated heterocycles. The van der Waals surface area contributed by atoms with Crippen molar-refractivity contribution in [3.05, 3.63) is 125 Å². The van der Waals surface area contributed by atoms with Crippen LogP contribution in [0, 0.1) is 0 Å². The summed E-state index contributed by atoms with van der Waals surface area (Å²) in [6.45, 7) is 0. The number of pyridine rings is 2. The van der Waals surface area contributed by atoms with Crippen molar-refractivity contribution in [1.82, 2.24) is 9.97 Å². The van der Waals surface area contributed by atoms with E-state index in [-0.39, 0.29) is 11.8 Å². The average Bonchev–Trinajstić information content (AvgIpc) is 2.97. The molecule has 1 N–H and O–H groups in total. The molecule has 0 atom stereocenters. The van der Waals surface area contributed by atoms with Crippen LogP contribution in [0.1, 0.15) is 20.7 Å². The molecule has 0 spiro atoms. The van der Waals surface area contributed by atoms with Gasteiger partial charge in [-0.25, -0.2) is 14.9 Å². The van der Waals surface area contributed by atoms with Gasteiger partial charge < -0.3 is 5.32 Å². The zero-order valence-electron chi connectivity index (χ0n) is 20.4. The number of benzene rings is 4. The van der Waals surface area contributed by atoms with Gasteiger partial charge in [0.25, 0.3) is 11.8 Å². The first-order chi connectivity index (χ1) is 19.1. The standard InChI is InChI=1S/C32H19BrN4O2/c33-22-11-9-19(10-12-22)27-18-21-6-3-17-34-29(21)36-30(27)35-23-13-15-24(16-14-23)37-31(38)25-7-1-4-20-5-2-8-26(28(20)25)32(37)39/h1-18H,(H,34,35,36). The summed E-state index contributed by atoms with van der Waals surface area (Å²) in [5.41, 5.74) is 4.89. The van der Waals surface area contributed by atoms with Crippen molar-refractivity contribution >= 4 is 66.7 Å². The van der Waals surface area contributed by atoms with Gasteiger partial charge in [0.15, 0.2) is 5.65 Å². The van der Waals surface area contributed by atoms with Crippen LogP contribution in [0.25, 0.3) is 32.9 Å². The molecule has 7 rings (SSSR count). The van der Waals surface area contributed by atoms with Gasteiger partial charge in [0.1, 0.15) is 5.82 Å². The van der Waals surface area contributed by atoms with E-state index >= 15 is 0 Å². The molecule has 3 heterocycles. The van der Waals surface area contributed by atoms with Crippen molar-refractivity contribution < 1.29 is 9.59 Å². The highest BCUT2D eigenvalue weighted by Crippen LogP contribution is 2.35. The predicted molar refractivity (Wildman–Crippen MR) is 157 cm³/mol. The maximum atomic E-state index is 13.4. The Morgan fingerprint density at radius 1 is 0.692 bits per heavy atom. The number of imide groups is 1. The number of hydrogen-bond donors (Lipinski definition) is 1. The van der Waals surface area contributed by atoms with E-state index in [0.29, 0.717) is 33.7 Å². The van der Waals surface area contributed by atoms with Crippen LogP contribution >= 0.6 is 15.9 Å². The molecule has 39 heavy (non-hydrogen) atoms. The van der Waals surface area contributed by atoms with Crippen molar-refractivity contribution in [1.29, 1.82) is 0 Å². The number of carbonyl (C=O) groups excluding carboxylic acids is 2. The quantitative estimate of drug-likeness (QED) is 0.219. The predicted octanol–water partition coefficient (Wildman–Crippen LogP) is 7.76. The number of amides is 2. The Labute approximate surface area is 232 Å². The number of hydrogen-bond acceptors (Lipinski definition) is 5. The van der Waals surface area contributed by atoms with Gasteiger partial charge in [0.2, 0.25) is 0 Å². The molecule has 1 aliphatic heterocycles. The molecule has 2 aromatic heterocycles. The lowest BCUT2D eigenvalue weighted by Gasteiger charge is -2.27. The van der Waals surface area contributed by atoms with Gasteiger partial charge in [0, 0.05) is 43.8 Å². The van der Waals surface area contributed by atoms with Gasteiger partial charge >= 0.3 is 0 Å². The first-order valence-corrected chi connectivity index (χ1v) is 13.2. The molecule has 1 aliphatic rings. The van der Waals surface area contributed by atoms with Crippen molar-refractivity contribution in [3.63, 3.8) is 0 Å². The third-order valence-corrected chi connectivity index (χ3v) is 7.43. The first kappa shape index (κ1) is 23.3. The smallest absolute Gasteiger partial charge is 0.265 e. The number of halogens is 1. The molecule has 0 bridgehead atoms. The Bertz CT molecular complexity index is 1890. The van der Waals surface area contributed by atoms with Crippen LogP contribution in [-0.2, 0) is 0 Å². The molecule has 0 aliphatic carbocycles. The number of carbonyl (C=O) groups is 2. The van der Waals surface area contributed by atoms with Crippen LogP contribution in [0.2, 0.25) is 0 Å². The summed E-state index contributed by atoms with van der Waals surface area (Å²) in [5.74, 6) is -0.00314. The van der Waals surface area contributed by atoms with Gasteiger partial charge in [-0.15, -0.1) is 0 Å². The molecule has 2 amide bonds. The minimum atomic E-state index is -0.329. The molecule has 4 aromatic carbocycles. The Morgan fingerprint density at radius 3 is 2.05 bits per heavy atom. The van der Waals surface area contributed by atoms with Gasteiger partial charge in [0.05, 0.1) is 5.69 Å². The third-order valence-electron chi connectivity index (χ3n) is 6.90. The fourth-order valence-corrected chi connectivity index (χ4v) is 5.31. The summed E-state index contributed by atoms with van der Waals surface area (Å²) in [6.07, 6.45) is 1.72. The minimum Gasteiger partial charge on any atom is -0.340 e. The molecule has 6 aromatic rings. The third kappa shape index (κ3) is 3.95. The molecule has 6 nitrogen and oxygen atoms in total. The van der Waals surface area contributed by atoms with Crippen LogP contribution in [-0.4, -0.2) is 21.8 Å². The Balaban J connectivity index is 1.25. The fourth-order valence-electron chi connectivity index (χ4n) is 5.05. The highest BCUT2D eigenvalue weighted by molar-refractivity contribution is 9.10. The summed E-state index contributed by atoms with van der Waals surface area (Å²) in [6, 6.07) is 32.3. The van der Waals surface area contributed by atoms with E-state index in [2.05, 4.69) is 32.3 Å². The second-order valence-corrected chi connectivity index (χ2v) is 10.2. The summed E-state index contributed by atoms with van der Waals surface area (Å²) in [5, 5.41) is 5.94. The van der Waals surface area contributed by atoms with E-state index in [1.165, 1.54) is 4.90 Å². The molecule has 0 fully saturated rings. The van der Waals surface area contributed by atoms with Crippen molar-refractivity contribution in [2.45, 2.75) is 0 Å². The molecule has 0 unspecified atom stereocenters. The number of aromatic nitrogens is 2. The van der Waals surface area contributed by atoms with Crippen molar-refractivity contribution in [2.75, 3.05) is 10.2 Å². The van der Waals surface area contributed by atoms with E-state index < -0.39 is 0 Å². The lowest BCUT2D eigenvalue weighted by atomic mass is 9.94.